The summed E-state index contributed by atoms with van der Waals surface area (Å²) in [7, 11) is 0. The number of benzene rings is 1. The monoisotopic (exact) mass is 333 g/mol. The number of thiophene rings is 1. The molecule has 2 nitrogen and oxygen atoms in total. The number of aromatic amines is 1. The Morgan fingerprint density at radius 2 is 2.16 bits per heavy atom. The molecule has 2 heterocycles. The van der Waals surface area contributed by atoms with Gasteiger partial charge in [-0.3, -0.25) is 4.79 Å². The maximum atomic E-state index is 12.5. The van der Waals surface area contributed by atoms with Crippen LogP contribution in [0.25, 0.3) is 10.9 Å². The summed E-state index contributed by atoms with van der Waals surface area (Å²) in [5.74, 6) is 0.0789. The summed E-state index contributed by atoms with van der Waals surface area (Å²) in [5, 5.41) is 1.01. The normalized spacial score (nSPS) is 11.1. The average Bonchev–Trinajstić information content (AvgIpc) is 3.03. The molecular formula is C15H12BrNOS. The molecule has 3 aromatic rings. The fourth-order valence-corrected chi connectivity index (χ4v) is 3.61. The smallest absolute Gasteiger partial charge is 0.205 e. The van der Waals surface area contributed by atoms with Gasteiger partial charge in [-0.25, -0.2) is 0 Å². The number of carbonyl (C=O) groups is 1. The van der Waals surface area contributed by atoms with Crippen LogP contribution in [-0.4, -0.2) is 10.8 Å². The molecule has 0 aliphatic heterocycles. The van der Waals surface area contributed by atoms with Gasteiger partial charge in [0.15, 0.2) is 0 Å². The van der Waals surface area contributed by atoms with Crippen LogP contribution in [0.15, 0.2) is 40.3 Å². The first-order valence-corrected chi connectivity index (χ1v) is 7.70. The van der Waals surface area contributed by atoms with Crippen LogP contribution in [0.1, 0.15) is 27.7 Å². The predicted molar refractivity (Wildman–Crippen MR) is 83.1 cm³/mol. The zero-order valence-electron chi connectivity index (χ0n) is 10.4. The zero-order chi connectivity index (χ0) is 13.4. The second-order valence-electron chi connectivity index (χ2n) is 4.33. The SMILES string of the molecule is CCc1cccc2c(C(=O)c3ccc(Br)s3)c[nH]c12. The number of ketones is 1. The number of fused-ring (bicyclic) bond motifs is 1. The molecular weight excluding hydrogens is 322 g/mol. The Morgan fingerprint density at radius 1 is 1.32 bits per heavy atom. The summed E-state index contributed by atoms with van der Waals surface area (Å²) >= 11 is 4.86. The van der Waals surface area contributed by atoms with E-state index in [0.717, 1.165) is 31.6 Å². The lowest BCUT2D eigenvalue weighted by Crippen LogP contribution is -1.96. The van der Waals surface area contributed by atoms with Gasteiger partial charge in [0.1, 0.15) is 0 Å². The molecule has 0 saturated carbocycles. The van der Waals surface area contributed by atoms with Gasteiger partial charge in [0, 0.05) is 22.7 Å². The van der Waals surface area contributed by atoms with Crippen LogP contribution < -0.4 is 0 Å². The lowest BCUT2D eigenvalue weighted by atomic mass is 10.0. The number of halogens is 1. The summed E-state index contributed by atoms with van der Waals surface area (Å²) in [5.41, 5.74) is 3.06. The lowest BCUT2D eigenvalue weighted by Gasteiger charge is -2.00. The molecule has 0 spiro atoms. The first-order chi connectivity index (χ1) is 9.20. The Balaban J connectivity index is 2.13. The third-order valence-electron chi connectivity index (χ3n) is 3.22. The van der Waals surface area contributed by atoms with Crippen LogP contribution in [0, 0.1) is 0 Å². The quantitative estimate of drug-likeness (QED) is 0.687. The Morgan fingerprint density at radius 3 is 2.84 bits per heavy atom. The highest BCUT2D eigenvalue weighted by atomic mass is 79.9. The number of aryl methyl sites for hydroxylation is 1. The lowest BCUT2D eigenvalue weighted by molar-refractivity contribution is 0.104. The molecule has 19 heavy (non-hydrogen) atoms. The minimum absolute atomic E-state index is 0.0789. The Hall–Kier alpha value is -1.39. The number of H-pyrrole nitrogens is 1. The molecule has 0 aliphatic carbocycles. The third kappa shape index (κ3) is 2.15. The second kappa shape index (κ2) is 4.94. The van der Waals surface area contributed by atoms with Crippen molar-refractivity contribution in [3.05, 3.63) is 56.3 Å². The molecule has 1 aromatic carbocycles. The Labute approximate surface area is 123 Å². The first kappa shape index (κ1) is 12.6. The predicted octanol–water partition coefficient (Wildman–Crippen LogP) is 4.79. The van der Waals surface area contributed by atoms with E-state index in [4.69, 9.17) is 0 Å². The minimum Gasteiger partial charge on any atom is -0.360 e. The van der Waals surface area contributed by atoms with E-state index in [9.17, 15) is 4.79 Å². The van der Waals surface area contributed by atoms with Gasteiger partial charge in [-0.15, -0.1) is 11.3 Å². The Bertz CT molecular complexity index is 756. The van der Waals surface area contributed by atoms with Gasteiger partial charge in [0.05, 0.1) is 8.66 Å². The summed E-state index contributed by atoms with van der Waals surface area (Å²) in [6.45, 7) is 2.12. The van der Waals surface area contributed by atoms with Crippen LogP contribution in [0.4, 0.5) is 0 Å². The van der Waals surface area contributed by atoms with Crippen molar-refractivity contribution in [2.45, 2.75) is 13.3 Å². The van der Waals surface area contributed by atoms with E-state index in [1.165, 1.54) is 16.9 Å². The van der Waals surface area contributed by atoms with E-state index in [0.29, 0.717) is 0 Å². The van der Waals surface area contributed by atoms with Crippen molar-refractivity contribution in [2.75, 3.05) is 0 Å². The van der Waals surface area contributed by atoms with Gasteiger partial charge in [0.25, 0.3) is 0 Å². The Kier molecular flexibility index (Phi) is 3.29. The zero-order valence-corrected chi connectivity index (χ0v) is 12.8. The number of nitrogens with one attached hydrogen (secondary N) is 1. The topological polar surface area (TPSA) is 32.9 Å². The van der Waals surface area contributed by atoms with Crippen molar-refractivity contribution in [3.8, 4) is 0 Å². The minimum atomic E-state index is 0.0789. The number of aromatic nitrogens is 1. The van der Waals surface area contributed by atoms with Crippen molar-refractivity contribution in [3.63, 3.8) is 0 Å². The van der Waals surface area contributed by atoms with Gasteiger partial charge in [-0.1, -0.05) is 25.1 Å². The second-order valence-corrected chi connectivity index (χ2v) is 6.79. The van der Waals surface area contributed by atoms with Crippen molar-refractivity contribution in [2.24, 2.45) is 0 Å². The van der Waals surface area contributed by atoms with Gasteiger partial charge < -0.3 is 4.98 Å². The van der Waals surface area contributed by atoms with E-state index in [1.54, 1.807) is 0 Å². The molecule has 0 fully saturated rings. The average molecular weight is 334 g/mol. The molecule has 3 rings (SSSR count). The highest BCUT2D eigenvalue weighted by Gasteiger charge is 2.16. The van der Waals surface area contributed by atoms with Crippen LogP contribution in [0.5, 0.6) is 0 Å². The van der Waals surface area contributed by atoms with Gasteiger partial charge in [-0.05, 0) is 40.0 Å². The van der Waals surface area contributed by atoms with Crippen molar-refractivity contribution >= 4 is 44.0 Å². The van der Waals surface area contributed by atoms with E-state index in [-0.39, 0.29) is 5.78 Å². The van der Waals surface area contributed by atoms with Gasteiger partial charge >= 0.3 is 0 Å². The fraction of sp³-hybridized carbons (Fsp3) is 0.133. The van der Waals surface area contributed by atoms with Crippen LogP contribution in [0.2, 0.25) is 0 Å². The van der Waals surface area contributed by atoms with Crippen LogP contribution in [0.3, 0.4) is 0 Å². The fourth-order valence-electron chi connectivity index (χ4n) is 2.27. The van der Waals surface area contributed by atoms with Gasteiger partial charge in [0.2, 0.25) is 5.78 Å². The standard InChI is InChI=1S/C15H12BrNOS/c1-2-9-4-3-5-10-11(8-17-14(9)10)15(18)12-6-7-13(16)19-12/h3-8,17H,2H2,1H3. The number of carbonyl (C=O) groups excluding carboxylic acids is 1. The van der Waals surface area contributed by atoms with E-state index in [1.807, 2.05) is 30.5 Å². The number of para-hydroxylation sites is 1. The molecule has 0 unspecified atom stereocenters. The summed E-state index contributed by atoms with van der Waals surface area (Å²) in [4.78, 5) is 16.5. The maximum absolute atomic E-state index is 12.5. The largest absolute Gasteiger partial charge is 0.360 e. The molecule has 1 N–H and O–H groups in total. The third-order valence-corrected chi connectivity index (χ3v) is 4.85. The first-order valence-electron chi connectivity index (χ1n) is 6.09. The highest BCUT2D eigenvalue weighted by Crippen LogP contribution is 2.28. The molecule has 2 aromatic heterocycles. The summed E-state index contributed by atoms with van der Waals surface area (Å²) in [6.07, 6.45) is 2.77. The van der Waals surface area contributed by atoms with Gasteiger partial charge in [-0.2, -0.15) is 0 Å². The van der Waals surface area contributed by atoms with Crippen LogP contribution >= 0.6 is 27.3 Å². The highest BCUT2D eigenvalue weighted by molar-refractivity contribution is 9.11. The maximum Gasteiger partial charge on any atom is 0.205 e. The van der Waals surface area contributed by atoms with E-state index < -0.39 is 0 Å². The van der Waals surface area contributed by atoms with E-state index in [2.05, 4.69) is 33.9 Å². The van der Waals surface area contributed by atoms with Crippen molar-refractivity contribution in [1.29, 1.82) is 0 Å². The summed E-state index contributed by atoms with van der Waals surface area (Å²) < 4.78 is 0.977. The molecule has 0 amide bonds. The van der Waals surface area contributed by atoms with Crippen molar-refractivity contribution in [1.82, 2.24) is 4.98 Å². The molecule has 4 heteroatoms. The molecule has 0 atom stereocenters. The number of hydrogen-bond acceptors (Lipinski definition) is 2. The molecule has 0 saturated heterocycles. The van der Waals surface area contributed by atoms with E-state index >= 15 is 0 Å². The van der Waals surface area contributed by atoms with Crippen molar-refractivity contribution < 1.29 is 4.79 Å². The molecule has 0 bridgehead atoms. The number of hydrogen-bond donors (Lipinski definition) is 1. The number of rotatable bonds is 3. The summed E-state index contributed by atoms with van der Waals surface area (Å²) in [6, 6.07) is 9.87. The van der Waals surface area contributed by atoms with Crippen LogP contribution in [-0.2, 0) is 6.42 Å². The molecule has 0 aliphatic rings. The molecule has 0 radical (unpaired) electrons. The molecule has 96 valence electrons.